The molecule has 1 saturated carbocycles. The zero-order valence-electron chi connectivity index (χ0n) is 9.58. The first kappa shape index (κ1) is 10.0. The molecule has 4 heteroatoms. The molecule has 2 heterocycles. The van der Waals surface area contributed by atoms with Crippen LogP contribution in [0, 0.1) is 18.5 Å². The summed E-state index contributed by atoms with van der Waals surface area (Å²) in [6, 6.07) is 2.14. The molecule has 0 saturated heterocycles. The number of fused-ring (bicyclic) bond motifs is 1. The number of aryl methyl sites for hydroxylation is 1. The summed E-state index contributed by atoms with van der Waals surface area (Å²) in [5.41, 5.74) is 4.36. The van der Waals surface area contributed by atoms with E-state index < -0.39 is 0 Å². The van der Waals surface area contributed by atoms with Gasteiger partial charge in [-0.2, -0.15) is 0 Å². The van der Waals surface area contributed by atoms with Crippen LogP contribution in [0.2, 0.25) is 0 Å². The standard InChI is InChI=1S/C12H15N3S/c1-7-8(2)13-11-6-10(9-4-3-5-9)14-15(11)12(7)16/h6,9,14H,3-5H2,1-2H3. The molecular weight excluding hydrogens is 218 g/mol. The molecule has 1 aliphatic carbocycles. The van der Waals surface area contributed by atoms with Crippen molar-refractivity contribution in [2.45, 2.75) is 39.0 Å². The summed E-state index contributed by atoms with van der Waals surface area (Å²) in [7, 11) is 0. The number of nitrogens with zero attached hydrogens (tertiary/aromatic N) is 2. The van der Waals surface area contributed by atoms with Gasteiger partial charge in [-0.3, -0.25) is 5.10 Å². The lowest BCUT2D eigenvalue weighted by Gasteiger charge is -2.23. The molecule has 0 amide bonds. The number of nitrogens with one attached hydrogen (secondary N) is 1. The van der Waals surface area contributed by atoms with Crippen molar-refractivity contribution in [3.8, 4) is 0 Å². The first-order valence-electron chi connectivity index (χ1n) is 5.75. The van der Waals surface area contributed by atoms with Crippen LogP contribution >= 0.6 is 12.2 Å². The van der Waals surface area contributed by atoms with Crippen LogP contribution in [0.4, 0.5) is 0 Å². The molecule has 16 heavy (non-hydrogen) atoms. The fourth-order valence-electron chi connectivity index (χ4n) is 2.17. The SMILES string of the molecule is Cc1nc2cc(C3CCC3)[nH]n2c(=S)c1C. The summed E-state index contributed by atoms with van der Waals surface area (Å²) in [6.07, 6.45) is 3.92. The molecule has 2 aromatic heterocycles. The van der Waals surface area contributed by atoms with Gasteiger partial charge in [0.2, 0.25) is 0 Å². The number of H-pyrrole nitrogens is 1. The zero-order chi connectivity index (χ0) is 11.3. The average molecular weight is 233 g/mol. The Labute approximate surface area is 99.5 Å². The molecular formula is C12H15N3S. The number of aromatic nitrogens is 3. The summed E-state index contributed by atoms with van der Waals surface area (Å²) < 4.78 is 2.79. The predicted octanol–water partition coefficient (Wildman–Crippen LogP) is 3.28. The third-order valence-corrected chi connectivity index (χ3v) is 4.14. The Balaban J connectivity index is 2.24. The molecule has 0 aromatic carbocycles. The maximum Gasteiger partial charge on any atom is 0.154 e. The smallest absolute Gasteiger partial charge is 0.154 e. The van der Waals surface area contributed by atoms with Crippen LogP contribution in [0.3, 0.4) is 0 Å². The molecule has 1 fully saturated rings. The minimum Gasteiger partial charge on any atom is -0.295 e. The first-order valence-corrected chi connectivity index (χ1v) is 6.16. The predicted molar refractivity (Wildman–Crippen MR) is 66.4 cm³/mol. The van der Waals surface area contributed by atoms with Crippen LogP contribution < -0.4 is 0 Å². The van der Waals surface area contributed by atoms with Crippen molar-refractivity contribution in [1.82, 2.24) is 14.6 Å². The van der Waals surface area contributed by atoms with Crippen LogP contribution in [0.15, 0.2) is 6.07 Å². The summed E-state index contributed by atoms with van der Waals surface area (Å²) in [5.74, 6) is 0.691. The molecule has 3 nitrogen and oxygen atoms in total. The lowest BCUT2D eigenvalue weighted by atomic mass is 9.83. The fraction of sp³-hybridized carbons (Fsp3) is 0.500. The molecule has 3 rings (SSSR count). The largest absolute Gasteiger partial charge is 0.295 e. The van der Waals surface area contributed by atoms with Crippen molar-refractivity contribution < 1.29 is 0 Å². The Morgan fingerprint density at radius 1 is 1.44 bits per heavy atom. The molecule has 84 valence electrons. The average Bonchev–Trinajstić information content (AvgIpc) is 2.55. The normalized spacial score (nSPS) is 16.6. The van der Waals surface area contributed by atoms with E-state index in [2.05, 4.69) is 16.1 Å². The van der Waals surface area contributed by atoms with Crippen LogP contribution in [0.1, 0.15) is 42.1 Å². The Morgan fingerprint density at radius 2 is 2.19 bits per heavy atom. The maximum absolute atomic E-state index is 5.43. The highest BCUT2D eigenvalue weighted by Crippen LogP contribution is 2.35. The summed E-state index contributed by atoms with van der Waals surface area (Å²) in [5, 5.41) is 3.38. The molecule has 0 unspecified atom stereocenters. The third-order valence-electron chi connectivity index (χ3n) is 3.65. The van der Waals surface area contributed by atoms with E-state index in [1.165, 1.54) is 25.0 Å². The van der Waals surface area contributed by atoms with E-state index in [-0.39, 0.29) is 0 Å². The Morgan fingerprint density at radius 3 is 2.81 bits per heavy atom. The molecule has 0 radical (unpaired) electrons. The van der Waals surface area contributed by atoms with Gasteiger partial charge in [0, 0.05) is 28.9 Å². The van der Waals surface area contributed by atoms with E-state index in [0.717, 1.165) is 21.5 Å². The van der Waals surface area contributed by atoms with Gasteiger partial charge in [0.1, 0.15) is 4.64 Å². The number of aromatic amines is 1. The molecule has 0 spiro atoms. The summed E-state index contributed by atoms with van der Waals surface area (Å²) >= 11 is 5.43. The minimum absolute atomic E-state index is 0.691. The number of hydrogen-bond acceptors (Lipinski definition) is 2. The third kappa shape index (κ3) is 1.33. The van der Waals surface area contributed by atoms with Crippen molar-refractivity contribution >= 4 is 17.9 Å². The van der Waals surface area contributed by atoms with Crippen molar-refractivity contribution in [2.24, 2.45) is 0 Å². The van der Waals surface area contributed by atoms with E-state index in [1.807, 2.05) is 18.4 Å². The van der Waals surface area contributed by atoms with Crippen LogP contribution in [0.5, 0.6) is 0 Å². The molecule has 0 aliphatic heterocycles. The van der Waals surface area contributed by atoms with Gasteiger partial charge >= 0.3 is 0 Å². The Bertz CT molecular complexity index is 604. The van der Waals surface area contributed by atoms with Crippen molar-refractivity contribution in [1.29, 1.82) is 0 Å². The maximum atomic E-state index is 5.43. The molecule has 2 aromatic rings. The van der Waals surface area contributed by atoms with Gasteiger partial charge in [-0.1, -0.05) is 18.6 Å². The minimum atomic E-state index is 0.691. The molecule has 0 bridgehead atoms. The van der Waals surface area contributed by atoms with Gasteiger partial charge in [0.15, 0.2) is 5.65 Å². The first-order chi connectivity index (χ1) is 7.66. The van der Waals surface area contributed by atoms with Gasteiger partial charge in [-0.25, -0.2) is 9.50 Å². The van der Waals surface area contributed by atoms with E-state index >= 15 is 0 Å². The van der Waals surface area contributed by atoms with E-state index in [1.54, 1.807) is 0 Å². The van der Waals surface area contributed by atoms with E-state index in [0.29, 0.717) is 5.92 Å². The van der Waals surface area contributed by atoms with Crippen molar-refractivity contribution in [3.05, 3.63) is 27.7 Å². The number of hydrogen-bond donors (Lipinski definition) is 1. The highest BCUT2D eigenvalue weighted by Gasteiger charge is 2.21. The van der Waals surface area contributed by atoms with E-state index in [4.69, 9.17) is 12.2 Å². The Kier molecular flexibility index (Phi) is 2.14. The molecule has 0 atom stereocenters. The second-order valence-electron chi connectivity index (χ2n) is 4.66. The van der Waals surface area contributed by atoms with Crippen molar-refractivity contribution in [2.75, 3.05) is 0 Å². The van der Waals surface area contributed by atoms with Gasteiger partial charge in [0.25, 0.3) is 0 Å². The van der Waals surface area contributed by atoms with Crippen LogP contribution in [0.25, 0.3) is 5.65 Å². The Hall–Kier alpha value is -1.16. The lowest BCUT2D eigenvalue weighted by molar-refractivity contribution is 0.409. The molecule has 1 aliphatic rings. The molecule has 1 N–H and O–H groups in total. The van der Waals surface area contributed by atoms with Gasteiger partial charge in [-0.05, 0) is 26.7 Å². The fourth-order valence-corrected chi connectivity index (χ4v) is 2.45. The monoisotopic (exact) mass is 233 g/mol. The van der Waals surface area contributed by atoms with Crippen LogP contribution in [-0.2, 0) is 0 Å². The quantitative estimate of drug-likeness (QED) is 0.767. The van der Waals surface area contributed by atoms with E-state index in [9.17, 15) is 0 Å². The summed E-state index contributed by atoms with van der Waals surface area (Å²) in [6.45, 7) is 4.04. The second kappa shape index (κ2) is 3.42. The highest BCUT2D eigenvalue weighted by atomic mass is 32.1. The van der Waals surface area contributed by atoms with Gasteiger partial charge in [-0.15, -0.1) is 0 Å². The second-order valence-corrected chi connectivity index (χ2v) is 5.05. The van der Waals surface area contributed by atoms with Gasteiger partial charge in [0.05, 0.1) is 0 Å². The van der Waals surface area contributed by atoms with Gasteiger partial charge < -0.3 is 0 Å². The number of rotatable bonds is 1. The van der Waals surface area contributed by atoms with Crippen LogP contribution in [-0.4, -0.2) is 14.6 Å². The topological polar surface area (TPSA) is 33.1 Å². The lowest BCUT2D eigenvalue weighted by Crippen LogP contribution is -2.09. The van der Waals surface area contributed by atoms with Crippen molar-refractivity contribution in [3.63, 3.8) is 0 Å². The zero-order valence-corrected chi connectivity index (χ0v) is 10.4. The summed E-state index contributed by atoms with van der Waals surface area (Å²) in [4.78, 5) is 4.56. The highest BCUT2D eigenvalue weighted by molar-refractivity contribution is 7.71.